The van der Waals surface area contributed by atoms with Crippen molar-refractivity contribution >= 4 is 33.9 Å². The molecule has 1 aromatic heterocycles. The van der Waals surface area contributed by atoms with Crippen LogP contribution in [0.3, 0.4) is 0 Å². The van der Waals surface area contributed by atoms with E-state index >= 15 is 0 Å². The molecular weight excluding hydrogens is 385 g/mol. The predicted octanol–water partition coefficient (Wildman–Crippen LogP) is 3.21. The highest BCUT2D eigenvalue weighted by atomic mass is 127. The molecule has 0 amide bonds. The van der Waals surface area contributed by atoms with E-state index in [1.54, 1.807) is 11.3 Å². The molecule has 0 aliphatic carbocycles. The smallest absolute Gasteiger partial charge is 0.134 e. The van der Waals surface area contributed by atoms with Crippen molar-refractivity contribution in [3.05, 3.63) is 44.3 Å². The number of hydrogen-bond acceptors (Lipinski definition) is 4. The third-order valence-electron chi connectivity index (χ3n) is 3.60. The second-order valence-corrected chi connectivity index (χ2v) is 7.92. The zero-order valence-electron chi connectivity index (χ0n) is 10.9. The topological polar surface area (TPSA) is 43.7 Å². The average Bonchev–Trinajstić information content (AvgIpc) is 3.01. The third kappa shape index (κ3) is 2.78. The van der Waals surface area contributed by atoms with Gasteiger partial charge < -0.3 is 10.2 Å². The standard InChI is InChI=1S/C15H16INO2S/c16-14-5-4-13(20-14)10-2-3-12-11(8-10)9-17(15(12)19)6-1-7-18/h2-5,8,15,18-19H,1,6-7,9H2. The molecule has 0 bridgehead atoms. The second kappa shape index (κ2) is 6.11. The first-order valence-electron chi connectivity index (χ1n) is 6.60. The van der Waals surface area contributed by atoms with Gasteiger partial charge in [0.1, 0.15) is 6.23 Å². The molecule has 2 aromatic rings. The van der Waals surface area contributed by atoms with Crippen LogP contribution in [-0.2, 0) is 6.54 Å². The number of aliphatic hydroxyl groups is 2. The van der Waals surface area contributed by atoms with Gasteiger partial charge in [-0.1, -0.05) is 12.1 Å². The van der Waals surface area contributed by atoms with E-state index in [2.05, 4.69) is 46.9 Å². The summed E-state index contributed by atoms with van der Waals surface area (Å²) in [5.74, 6) is 0. The van der Waals surface area contributed by atoms with E-state index in [1.165, 1.54) is 18.9 Å². The maximum absolute atomic E-state index is 10.3. The van der Waals surface area contributed by atoms with Crippen molar-refractivity contribution < 1.29 is 10.2 Å². The molecule has 1 aliphatic heterocycles. The van der Waals surface area contributed by atoms with Crippen molar-refractivity contribution in [3.63, 3.8) is 0 Å². The van der Waals surface area contributed by atoms with E-state index in [4.69, 9.17) is 5.11 Å². The second-order valence-electron chi connectivity index (χ2n) is 4.94. The largest absolute Gasteiger partial charge is 0.396 e. The first-order chi connectivity index (χ1) is 9.69. The number of rotatable bonds is 4. The number of hydrogen-bond donors (Lipinski definition) is 2. The van der Waals surface area contributed by atoms with E-state index in [0.717, 1.165) is 18.7 Å². The fraction of sp³-hybridized carbons (Fsp3) is 0.333. The Balaban J connectivity index is 1.85. The molecule has 20 heavy (non-hydrogen) atoms. The quantitative estimate of drug-likeness (QED) is 0.774. The summed E-state index contributed by atoms with van der Waals surface area (Å²) in [7, 11) is 0. The molecule has 0 spiro atoms. The Morgan fingerprint density at radius 2 is 2.15 bits per heavy atom. The zero-order chi connectivity index (χ0) is 14.1. The monoisotopic (exact) mass is 401 g/mol. The molecule has 3 nitrogen and oxygen atoms in total. The van der Waals surface area contributed by atoms with Gasteiger partial charge in [0.05, 0.1) is 2.88 Å². The number of halogens is 1. The number of benzene rings is 1. The van der Waals surface area contributed by atoms with E-state index in [-0.39, 0.29) is 6.61 Å². The Morgan fingerprint density at radius 3 is 2.85 bits per heavy atom. The van der Waals surface area contributed by atoms with Gasteiger partial charge in [0.15, 0.2) is 0 Å². The van der Waals surface area contributed by atoms with Crippen LogP contribution in [0.2, 0.25) is 0 Å². The lowest BCUT2D eigenvalue weighted by Crippen LogP contribution is -2.23. The van der Waals surface area contributed by atoms with Crippen LogP contribution in [-0.4, -0.2) is 28.3 Å². The first kappa shape index (κ1) is 14.5. The average molecular weight is 401 g/mol. The summed E-state index contributed by atoms with van der Waals surface area (Å²) in [4.78, 5) is 3.27. The zero-order valence-corrected chi connectivity index (χ0v) is 13.9. The van der Waals surface area contributed by atoms with Gasteiger partial charge in [0.25, 0.3) is 0 Å². The first-order valence-corrected chi connectivity index (χ1v) is 8.50. The van der Waals surface area contributed by atoms with Crippen molar-refractivity contribution in [1.29, 1.82) is 0 Å². The molecule has 0 radical (unpaired) electrons. The van der Waals surface area contributed by atoms with Crippen LogP contribution < -0.4 is 0 Å². The lowest BCUT2D eigenvalue weighted by Gasteiger charge is -2.19. The minimum absolute atomic E-state index is 0.165. The summed E-state index contributed by atoms with van der Waals surface area (Å²) in [5, 5.41) is 19.2. The Kier molecular flexibility index (Phi) is 4.42. The lowest BCUT2D eigenvalue weighted by atomic mass is 10.0. The Labute approximate surface area is 136 Å². The van der Waals surface area contributed by atoms with Crippen LogP contribution in [0.1, 0.15) is 23.8 Å². The van der Waals surface area contributed by atoms with Gasteiger partial charge in [0, 0.05) is 24.6 Å². The molecule has 1 aromatic carbocycles. The van der Waals surface area contributed by atoms with Gasteiger partial charge in [-0.25, -0.2) is 0 Å². The molecule has 0 saturated heterocycles. The number of fused-ring (bicyclic) bond motifs is 1. The molecule has 5 heteroatoms. The minimum atomic E-state index is -0.533. The SMILES string of the molecule is OCCCN1Cc2cc(-c3ccc(I)s3)ccc2C1O. The summed E-state index contributed by atoms with van der Waals surface area (Å²) in [5.41, 5.74) is 3.40. The highest BCUT2D eigenvalue weighted by molar-refractivity contribution is 14.1. The molecule has 3 rings (SSSR count). The van der Waals surface area contributed by atoms with Gasteiger partial charge in [-0.05, 0) is 63.9 Å². The molecule has 106 valence electrons. The number of thiophene rings is 1. The summed E-state index contributed by atoms with van der Waals surface area (Å²) in [6.45, 7) is 1.64. The normalized spacial score (nSPS) is 18.4. The van der Waals surface area contributed by atoms with Gasteiger partial charge in [0.2, 0.25) is 0 Å². The van der Waals surface area contributed by atoms with Gasteiger partial charge in [-0.15, -0.1) is 11.3 Å². The molecular formula is C15H16INO2S. The van der Waals surface area contributed by atoms with Crippen LogP contribution >= 0.6 is 33.9 Å². The number of nitrogens with zero attached hydrogens (tertiary/aromatic N) is 1. The van der Waals surface area contributed by atoms with Crippen LogP contribution in [0.4, 0.5) is 0 Å². The van der Waals surface area contributed by atoms with Crippen molar-refractivity contribution in [2.24, 2.45) is 0 Å². The van der Waals surface area contributed by atoms with E-state index in [9.17, 15) is 5.11 Å². The predicted molar refractivity (Wildman–Crippen MR) is 89.5 cm³/mol. The maximum atomic E-state index is 10.3. The Hall–Kier alpha value is -0.470. The summed E-state index contributed by atoms with van der Waals surface area (Å²) < 4.78 is 1.28. The molecule has 1 aliphatic rings. The molecule has 2 N–H and O–H groups in total. The molecule has 0 fully saturated rings. The van der Waals surface area contributed by atoms with E-state index in [0.29, 0.717) is 6.42 Å². The Bertz CT molecular complexity index is 614. The molecule has 1 unspecified atom stereocenters. The van der Waals surface area contributed by atoms with Gasteiger partial charge >= 0.3 is 0 Å². The Morgan fingerprint density at radius 1 is 1.30 bits per heavy atom. The lowest BCUT2D eigenvalue weighted by molar-refractivity contribution is 0.0103. The molecule has 0 saturated carbocycles. The van der Waals surface area contributed by atoms with Crippen molar-refractivity contribution in [1.82, 2.24) is 4.90 Å². The highest BCUT2D eigenvalue weighted by Gasteiger charge is 2.28. The minimum Gasteiger partial charge on any atom is -0.396 e. The van der Waals surface area contributed by atoms with Gasteiger partial charge in [-0.3, -0.25) is 4.90 Å². The van der Waals surface area contributed by atoms with Gasteiger partial charge in [-0.2, -0.15) is 0 Å². The fourth-order valence-corrected chi connectivity index (χ4v) is 4.21. The van der Waals surface area contributed by atoms with E-state index < -0.39 is 6.23 Å². The molecule has 1 atom stereocenters. The van der Waals surface area contributed by atoms with Crippen LogP contribution in [0.5, 0.6) is 0 Å². The van der Waals surface area contributed by atoms with Crippen molar-refractivity contribution in [3.8, 4) is 10.4 Å². The highest BCUT2D eigenvalue weighted by Crippen LogP contribution is 2.36. The van der Waals surface area contributed by atoms with Crippen LogP contribution in [0.25, 0.3) is 10.4 Å². The number of aliphatic hydroxyl groups excluding tert-OH is 2. The van der Waals surface area contributed by atoms with Crippen LogP contribution in [0, 0.1) is 2.88 Å². The van der Waals surface area contributed by atoms with Crippen molar-refractivity contribution in [2.75, 3.05) is 13.2 Å². The summed E-state index contributed by atoms with van der Waals surface area (Å²) in [6, 6.07) is 10.6. The fourth-order valence-electron chi connectivity index (χ4n) is 2.59. The van der Waals surface area contributed by atoms with Crippen molar-refractivity contribution in [2.45, 2.75) is 19.2 Å². The van der Waals surface area contributed by atoms with E-state index in [1.807, 2.05) is 11.0 Å². The third-order valence-corrected chi connectivity index (χ3v) is 5.54. The summed E-state index contributed by atoms with van der Waals surface area (Å²) in [6.07, 6.45) is 0.162. The molecule has 2 heterocycles. The summed E-state index contributed by atoms with van der Waals surface area (Å²) >= 11 is 4.11. The van der Waals surface area contributed by atoms with Crippen LogP contribution in [0.15, 0.2) is 30.3 Å². The maximum Gasteiger partial charge on any atom is 0.134 e.